The molecule has 0 saturated carbocycles. The Bertz CT molecular complexity index is 636. The van der Waals surface area contributed by atoms with Crippen LogP contribution in [0.3, 0.4) is 0 Å². The average molecular weight is 377 g/mol. The predicted molar refractivity (Wildman–Crippen MR) is 84.5 cm³/mol. The van der Waals surface area contributed by atoms with Crippen LogP contribution in [0, 0.1) is 40.1 Å². The van der Waals surface area contributed by atoms with E-state index in [9.17, 15) is 0 Å². The fourth-order valence-electron chi connectivity index (χ4n) is 1.23. The van der Waals surface area contributed by atoms with E-state index in [1.54, 1.807) is 18.3 Å². The zero-order valence-electron chi connectivity index (χ0n) is 11.1. The minimum Gasteiger partial charge on any atom is -0.397 e. The number of aromatic nitrogens is 2. The highest BCUT2D eigenvalue weighted by atomic mass is 127. The molecule has 0 atom stereocenters. The van der Waals surface area contributed by atoms with Gasteiger partial charge in [-0.15, -0.1) is 0 Å². The molecule has 20 heavy (non-hydrogen) atoms. The third kappa shape index (κ3) is 4.48. The fourth-order valence-corrected chi connectivity index (χ4v) is 1.52. The van der Waals surface area contributed by atoms with Crippen molar-refractivity contribution in [3.63, 3.8) is 0 Å². The molecule has 0 aliphatic rings. The number of nitriles is 2. The summed E-state index contributed by atoms with van der Waals surface area (Å²) in [5, 5.41) is 16.8. The van der Waals surface area contributed by atoms with Gasteiger partial charge in [-0.1, -0.05) is 0 Å². The molecule has 100 valence electrons. The van der Waals surface area contributed by atoms with E-state index in [0.717, 1.165) is 14.7 Å². The second kappa shape index (κ2) is 7.41. The fraction of sp³-hybridized carbons (Fsp3) is 0.143. The van der Waals surface area contributed by atoms with Gasteiger partial charge < -0.3 is 5.73 Å². The van der Waals surface area contributed by atoms with E-state index >= 15 is 0 Å². The number of halogens is 1. The van der Waals surface area contributed by atoms with Crippen LogP contribution in [-0.2, 0) is 0 Å². The lowest BCUT2D eigenvalue weighted by Gasteiger charge is -1.96. The normalized spacial score (nSPS) is 8.85. The zero-order chi connectivity index (χ0) is 15.1. The van der Waals surface area contributed by atoms with E-state index in [4.69, 9.17) is 16.3 Å². The van der Waals surface area contributed by atoms with E-state index in [1.165, 1.54) is 6.20 Å². The quantitative estimate of drug-likeness (QED) is 0.712. The number of nitrogens with two attached hydrogens (primary N) is 1. The number of anilines is 1. The predicted octanol–water partition coefficient (Wildman–Crippen LogP) is 2.71. The van der Waals surface area contributed by atoms with E-state index in [-0.39, 0.29) is 0 Å². The molecule has 0 fully saturated rings. The standard InChI is InChI=1S/C7H5IN2.C7H7N3/c1-5-2-6(3-9)10-4-7(5)8;1-5-2-6(3-8)10-4-7(5)9/h2,4H,1H3;2,4H,9H2,1H3. The lowest BCUT2D eigenvalue weighted by molar-refractivity contribution is 1.21. The number of hydrogen-bond donors (Lipinski definition) is 1. The van der Waals surface area contributed by atoms with Crippen molar-refractivity contribution in [3.8, 4) is 12.1 Å². The molecule has 0 radical (unpaired) electrons. The molecule has 6 heteroatoms. The molecule has 0 aliphatic carbocycles. The number of hydrogen-bond acceptors (Lipinski definition) is 5. The van der Waals surface area contributed by atoms with Crippen LogP contribution in [0.1, 0.15) is 22.5 Å². The summed E-state index contributed by atoms with van der Waals surface area (Å²) in [6, 6.07) is 7.35. The van der Waals surface area contributed by atoms with Crippen molar-refractivity contribution < 1.29 is 0 Å². The highest BCUT2D eigenvalue weighted by molar-refractivity contribution is 14.1. The summed E-state index contributed by atoms with van der Waals surface area (Å²) in [6.45, 7) is 3.81. The summed E-state index contributed by atoms with van der Waals surface area (Å²) in [6.07, 6.45) is 3.20. The summed E-state index contributed by atoms with van der Waals surface area (Å²) in [5.74, 6) is 0. The van der Waals surface area contributed by atoms with Crippen molar-refractivity contribution in [2.75, 3.05) is 5.73 Å². The van der Waals surface area contributed by atoms with Crippen LogP contribution in [0.25, 0.3) is 0 Å². The Balaban J connectivity index is 0.000000200. The third-order valence-corrected chi connectivity index (χ3v) is 3.56. The molecular weight excluding hydrogens is 365 g/mol. The number of pyridine rings is 2. The SMILES string of the molecule is Cc1cc(C#N)ncc1I.Cc1cc(C#N)ncc1N. The molecule has 5 nitrogen and oxygen atoms in total. The van der Waals surface area contributed by atoms with E-state index in [0.29, 0.717) is 17.1 Å². The number of nitrogens with zero attached hydrogens (tertiary/aromatic N) is 4. The van der Waals surface area contributed by atoms with Crippen molar-refractivity contribution in [3.05, 3.63) is 50.6 Å². The van der Waals surface area contributed by atoms with Gasteiger partial charge in [0.25, 0.3) is 0 Å². The van der Waals surface area contributed by atoms with Crippen molar-refractivity contribution >= 4 is 28.3 Å². The first-order chi connectivity index (χ1) is 9.47. The second-order valence-electron chi connectivity index (χ2n) is 3.97. The van der Waals surface area contributed by atoms with Crippen LogP contribution in [-0.4, -0.2) is 9.97 Å². The molecular formula is C14H12IN5. The Morgan fingerprint density at radius 1 is 1.00 bits per heavy atom. The summed E-state index contributed by atoms with van der Waals surface area (Å²) >= 11 is 2.19. The first-order valence-electron chi connectivity index (χ1n) is 5.62. The molecule has 2 N–H and O–H groups in total. The lowest BCUT2D eigenvalue weighted by Crippen LogP contribution is -1.92. The van der Waals surface area contributed by atoms with Gasteiger partial charge in [0, 0.05) is 9.77 Å². The molecule has 2 aromatic rings. The topological polar surface area (TPSA) is 99.4 Å². The number of nitrogen functional groups attached to an aromatic ring is 1. The largest absolute Gasteiger partial charge is 0.397 e. The first-order valence-corrected chi connectivity index (χ1v) is 6.70. The molecule has 0 aliphatic heterocycles. The van der Waals surface area contributed by atoms with Crippen molar-refractivity contribution in [1.29, 1.82) is 10.5 Å². The molecule has 0 spiro atoms. The van der Waals surface area contributed by atoms with Crippen LogP contribution in [0.4, 0.5) is 5.69 Å². The minimum absolute atomic E-state index is 0.409. The Kier molecular flexibility index (Phi) is 5.88. The summed E-state index contributed by atoms with van der Waals surface area (Å²) < 4.78 is 1.09. The van der Waals surface area contributed by atoms with E-state index < -0.39 is 0 Å². The van der Waals surface area contributed by atoms with Crippen molar-refractivity contribution in [1.82, 2.24) is 9.97 Å². The van der Waals surface area contributed by atoms with Gasteiger partial charge >= 0.3 is 0 Å². The summed E-state index contributed by atoms with van der Waals surface area (Å²) in [4.78, 5) is 7.66. The highest BCUT2D eigenvalue weighted by Crippen LogP contribution is 2.09. The molecule has 0 aromatic carbocycles. The van der Waals surface area contributed by atoms with Gasteiger partial charge in [0.05, 0.1) is 11.9 Å². The number of aryl methyl sites for hydroxylation is 2. The van der Waals surface area contributed by atoms with Gasteiger partial charge in [-0.2, -0.15) is 10.5 Å². The Labute approximate surface area is 131 Å². The maximum absolute atomic E-state index is 8.44. The van der Waals surface area contributed by atoms with E-state index in [1.807, 2.05) is 26.0 Å². The Morgan fingerprint density at radius 3 is 1.95 bits per heavy atom. The first kappa shape index (κ1) is 15.9. The highest BCUT2D eigenvalue weighted by Gasteiger charge is 1.96. The second-order valence-corrected chi connectivity index (χ2v) is 5.13. The summed E-state index contributed by atoms with van der Waals surface area (Å²) in [7, 11) is 0. The van der Waals surface area contributed by atoms with Crippen LogP contribution in [0.5, 0.6) is 0 Å². The maximum Gasteiger partial charge on any atom is 0.140 e. The summed E-state index contributed by atoms with van der Waals surface area (Å²) in [5.41, 5.74) is 8.99. The molecule has 2 rings (SSSR count). The van der Waals surface area contributed by atoms with Gasteiger partial charge in [-0.3, -0.25) is 0 Å². The zero-order valence-corrected chi connectivity index (χ0v) is 13.2. The van der Waals surface area contributed by atoms with E-state index in [2.05, 4.69) is 32.6 Å². The molecule has 2 heterocycles. The van der Waals surface area contributed by atoms with Gasteiger partial charge in [0.2, 0.25) is 0 Å². The van der Waals surface area contributed by atoms with Crippen LogP contribution in [0.15, 0.2) is 24.5 Å². The van der Waals surface area contributed by atoms with Crippen LogP contribution >= 0.6 is 22.6 Å². The Morgan fingerprint density at radius 2 is 1.50 bits per heavy atom. The van der Waals surface area contributed by atoms with Crippen molar-refractivity contribution in [2.45, 2.75) is 13.8 Å². The van der Waals surface area contributed by atoms with Crippen LogP contribution < -0.4 is 5.73 Å². The van der Waals surface area contributed by atoms with Crippen LogP contribution in [0.2, 0.25) is 0 Å². The molecule has 0 amide bonds. The molecule has 0 saturated heterocycles. The maximum atomic E-state index is 8.44. The Hall–Kier alpha value is -2.19. The molecule has 0 bridgehead atoms. The molecule has 2 aromatic heterocycles. The third-order valence-electron chi connectivity index (χ3n) is 2.43. The number of rotatable bonds is 0. The van der Waals surface area contributed by atoms with Gasteiger partial charge in [-0.05, 0) is 59.7 Å². The average Bonchev–Trinajstić information content (AvgIpc) is 2.45. The van der Waals surface area contributed by atoms with Gasteiger partial charge in [0.15, 0.2) is 0 Å². The van der Waals surface area contributed by atoms with Gasteiger partial charge in [-0.25, -0.2) is 9.97 Å². The minimum atomic E-state index is 0.409. The smallest absolute Gasteiger partial charge is 0.140 e. The van der Waals surface area contributed by atoms with Gasteiger partial charge in [0.1, 0.15) is 23.5 Å². The van der Waals surface area contributed by atoms with Crippen molar-refractivity contribution in [2.24, 2.45) is 0 Å². The monoisotopic (exact) mass is 377 g/mol. The molecule has 0 unspecified atom stereocenters. The lowest BCUT2D eigenvalue weighted by atomic mass is 10.2.